The van der Waals surface area contributed by atoms with Gasteiger partial charge in [-0.15, -0.1) is 0 Å². The largest absolute Gasteiger partial charge is 0.496 e. The second-order valence-electron chi connectivity index (χ2n) is 6.80. The first-order valence-corrected chi connectivity index (χ1v) is 7.83. The first-order chi connectivity index (χ1) is 9.77. The maximum absolute atomic E-state index is 6.06. The van der Waals surface area contributed by atoms with Crippen molar-refractivity contribution in [2.75, 3.05) is 11.9 Å². The minimum atomic E-state index is -0.342. The molecule has 2 heterocycles. The lowest BCUT2D eigenvalue weighted by Gasteiger charge is -2.32. The van der Waals surface area contributed by atoms with Crippen LogP contribution in [0.25, 0.3) is 0 Å². The monoisotopic (exact) mass is 290 g/mol. The molecular formula is C16H27BN2O2. The normalized spacial score (nSPS) is 19.8. The third-order valence-electron chi connectivity index (χ3n) is 4.45. The molecule has 0 atom stereocenters. The zero-order valence-corrected chi connectivity index (χ0v) is 14.1. The van der Waals surface area contributed by atoms with E-state index in [2.05, 4.69) is 57.9 Å². The second kappa shape index (κ2) is 5.97. The van der Waals surface area contributed by atoms with Crippen LogP contribution in [0.5, 0.6) is 0 Å². The summed E-state index contributed by atoms with van der Waals surface area (Å²) in [6.45, 7) is 13.5. The zero-order valence-electron chi connectivity index (χ0n) is 14.1. The van der Waals surface area contributed by atoms with E-state index in [9.17, 15) is 0 Å². The summed E-state index contributed by atoms with van der Waals surface area (Å²) in [6.07, 6.45) is 4.18. The molecule has 0 saturated carbocycles. The van der Waals surface area contributed by atoms with E-state index in [1.807, 2.05) is 6.20 Å². The third kappa shape index (κ3) is 3.41. The first kappa shape index (κ1) is 16.3. The number of aryl methyl sites for hydroxylation is 1. The second-order valence-corrected chi connectivity index (χ2v) is 6.80. The Balaban J connectivity index is 2.11. The van der Waals surface area contributed by atoms with Gasteiger partial charge in [0.05, 0.1) is 11.2 Å². The first-order valence-electron chi connectivity index (χ1n) is 7.83. The lowest BCUT2D eigenvalue weighted by atomic mass is 9.80. The summed E-state index contributed by atoms with van der Waals surface area (Å²) in [7, 11) is -0.342. The lowest BCUT2D eigenvalue weighted by Crippen LogP contribution is -2.41. The molecule has 2 rings (SSSR count). The number of nitrogens with one attached hydrogen (secondary N) is 1. The van der Waals surface area contributed by atoms with Crippen molar-refractivity contribution in [2.45, 2.75) is 65.6 Å². The van der Waals surface area contributed by atoms with Gasteiger partial charge < -0.3 is 14.6 Å². The van der Waals surface area contributed by atoms with E-state index in [-0.39, 0.29) is 18.3 Å². The molecule has 1 saturated heterocycles. The standard InChI is InChI=1S/C16H27BN2O2/c1-7-8-9-18-14-12(2)10-13(11-19-14)17-20-15(3,4)16(5,6)21-17/h10-11H,7-9H2,1-6H3,(H,18,19). The van der Waals surface area contributed by atoms with Gasteiger partial charge >= 0.3 is 7.12 Å². The van der Waals surface area contributed by atoms with Crippen molar-refractivity contribution >= 4 is 18.4 Å². The van der Waals surface area contributed by atoms with E-state index in [0.29, 0.717) is 0 Å². The van der Waals surface area contributed by atoms with Gasteiger partial charge in [0.15, 0.2) is 0 Å². The molecule has 1 aromatic heterocycles. The van der Waals surface area contributed by atoms with Gasteiger partial charge in [0.25, 0.3) is 0 Å². The highest BCUT2D eigenvalue weighted by atomic mass is 16.7. The van der Waals surface area contributed by atoms with Crippen molar-refractivity contribution in [1.29, 1.82) is 0 Å². The molecule has 1 aliphatic heterocycles. The Bertz CT molecular complexity index is 487. The van der Waals surface area contributed by atoms with Gasteiger partial charge in [-0.2, -0.15) is 0 Å². The summed E-state index contributed by atoms with van der Waals surface area (Å²) >= 11 is 0. The van der Waals surface area contributed by atoms with Gasteiger partial charge in [0.2, 0.25) is 0 Å². The van der Waals surface area contributed by atoms with E-state index in [4.69, 9.17) is 9.31 Å². The molecule has 0 unspecified atom stereocenters. The van der Waals surface area contributed by atoms with Crippen LogP contribution in [0.2, 0.25) is 0 Å². The topological polar surface area (TPSA) is 43.4 Å². The fourth-order valence-electron chi connectivity index (χ4n) is 2.27. The van der Waals surface area contributed by atoms with Gasteiger partial charge in [-0.3, -0.25) is 0 Å². The van der Waals surface area contributed by atoms with Crippen molar-refractivity contribution in [3.05, 3.63) is 17.8 Å². The predicted octanol–water partition coefficient (Wildman–Crippen LogP) is 2.90. The average molecular weight is 290 g/mol. The summed E-state index contributed by atoms with van der Waals surface area (Å²) < 4.78 is 12.1. The highest BCUT2D eigenvalue weighted by Gasteiger charge is 2.51. The number of pyridine rings is 1. The number of unbranched alkanes of at least 4 members (excludes halogenated alkanes) is 1. The summed E-state index contributed by atoms with van der Waals surface area (Å²) in [5, 5.41) is 3.37. The Morgan fingerprint density at radius 2 is 1.81 bits per heavy atom. The van der Waals surface area contributed by atoms with Gasteiger partial charge in [-0.1, -0.05) is 19.4 Å². The molecule has 5 heteroatoms. The number of rotatable bonds is 5. The van der Waals surface area contributed by atoms with Crippen LogP contribution < -0.4 is 10.8 Å². The van der Waals surface area contributed by atoms with Gasteiger partial charge in [0.1, 0.15) is 5.82 Å². The zero-order chi connectivity index (χ0) is 15.7. The Labute approximate surface area is 128 Å². The molecule has 0 aliphatic carbocycles. The smallest absolute Gasteiger partial charge is 0.399 e. The Morgan fingerprint density at radius 3 is 2.33 bits per heavy atom. The van der Waals surface area contributed by atoms with E-state index >= 15 is 0 Å². The Morgan fingerprint density at radius 1 is 1.19 bits per heavy atom. The molecule has 0 spiro atoms. The van der Waals surface area contributed by atoms with Crippen molar-refractivity contribution in [3.8, 4) is 0 Å². The Hall–Kier alpha value is -1.07. The number of nitrogens with zero attached hydrogens (tertiary/aromatic N) is 1. The minimum Gasteiger partial charge on any atom is -0.399 e. The molecule has 0 radical (unpaired) electrons. The predicted molar refractivity (Wildman–Crippen MR) is 88.1 cm³/mol. The van der Waals surface area contributed by atoms with Crippen LogP contribution in [0.3, 0.4) is 0 Å². The molecule has 21 heavy (non-hydrogen) atoms. The molecule has 1 fully saturated rings. The highest BCUT2D eigenvalue weighted by Crippen LogP contribution is 2.36. The van der Waals surface area contributed by atoms with Crippen molar-refractivity contribution in [1.82, 2.24) is 4.98 Å². The molecule has 0 bridgehead atoms. The van der Waals surface area contributed by atoms with Crippen LogP contribution in [0.15, 0.2) is 12.3 Å². The number of anilines is 1. The molecule has 116 valence electrons. The van der Waals surface area contributed by atoms with Crippen LogP contribution in [0.1, 0.15) is 53.0 Å². The molecule has 1 N–H and O–H groups in total. The van der Waals surface area contributed by atoms with Crippen molar-refractivity contribution in [3.63, 3.8) is 0 Å². The summed E-state index contributed by atoms with van der Waals surface area (Å²) in [5.41, 5.74) is 1.47. The van der Waals surface area contributed by atoms with E-state index in [0.717, 1.165) is 29.8 Å². The third-order valence-corrected chi connectivity index (χ3v) is 4.45. The summed E-state index contributed by atoms with van der Waals surface area (Å²) in [4.78, 5) is 4.52. The van der Waals surface area contributed by atoms with Crippen LogP contribution >= 0.6 is 0 Å². The maximum Gasteiger partial charge on any atom is 0.496 e. The van der Waals surface area contributed by atoms with Crippen LogP contribution in [0, 0.1) is 6.92 Å². The number of hydrogen-bond acceptors (Lipinski definition) is 4. The summed E-state index contributed by atoms with van der Waals surface area (Å²) in [5.74, 6) is 0.948. The quantitative estimate of drug-likeness (QED) is 0.669. The lowest BCUT2D eigenvalue weighted by molar-refractivity contribution is 0.00578. The van der Waals surface area contributed by atoms with Gasteiger partial charge in [-0.05, 0) is 46.6 Å². The fourth-order valence-corrected chi connectivity index (χ4v) is 2.27. The molecule has 0 aromatic carbocycles. The van der Waals surface area contributed by atoms with E-state index in [1.54, 1.807) is 0 Å². The average Bonchev–Trinajstić information content (AvgIpc) is 2.60. The van der Waals surface area contributed by atoms with Crippen LogP contribution in [-0.2, 0) is 9.31 Å². The van der Waals surface area contributed by atoms with Crippen molar-refractivity contribution < 1.29 is 9.31 Å². The van der Waals surface area contributed by atoms with Crippen LogP contribution in [0.4, 0.5) is 5.82 Å². The van der Waals surface area contributed by atoms with Gasteiger partial charge in [0, 0.05) is 18.2 Å². The molecule has 1 aliphatic rings. The number of hydrogen-bond donors (Lipinski definition) is 1. The van der Waals surface area contributed by atoms with Crippen molar-refractivity contribution in [2.24, 2.45) is 0 Å². The molecule has 1 aromatic rings. The van der Waals surface area contributed by atoms with Crippen LogP contribution in [-0.4, -0.2) is 29.8 Å². The maximum atomic E-state index is 6.06. The SMILES string of the molecule is CCCCNc1ncc(B2OC(C)(C)C(C)(C)O2)cc1C. The summed E-state index contributed by atoms with van der Waals surface area (Å²) in [6, 6.07) is 2.10. The highest BCUT2D eigenvalue weighted by molar-refractivity contribution is 6.62. The van der Waals surface area contributed by atoms with Gasteiger partial charge in [-0.25, -0.2) is 4.98 Å². The molecule has 0 amide bonds. The number of aromatic nitrogens is 1. The fraction of sp³-hybridized carbons (Fsp3) is 0.688. The molecule has 4 nitrogen and oxygen atoms in total. The van der Waals surface area contributed by atoms with E-state index < -0.39 is 0 Å². The Kier molecular flexibility index (Phi) is 4.64. The minimum absolute atomic E-state index is 0.316. The molecular weight excluding hydrogens is 263 g/mol. The van der Waals surface area contributed by atoms with E-state index in [1.165, 1.54) is 6.42 Å².